The van der Waals surface area contributed by atoms with E-state index in [9.17, 15) is 9.59 Å². The van der Waals surface area contributed by atoms with Crippen molar-refractivity contribution in [3.63, 3.8) is 0 Å². The molecule has 2 aliphatic rings. The van der Waals surface area contributed by atoms with Crippen LogP contribution in [0.1, 0.15) is 30.7 Å². The van der Waals surface area contributed by atoms with Gasteiger partial charge in [-0.05, 0) is 30.0 Å². The first kappa shape index (κ1) is 21.1. The summed E-state index contributed by atoms with van der Waals surface area (Å²) in [6.07, 6.45) is -0.171. The number of carbonyl (C=O) groups excluding carboxylic acids is 2. The van der Waals surface area contributed by atoms with Gasteiger partial charge in [-0.25, -0.2) is 4.79 Å². The number of rotatable bonds is 4. The van der Waals surface area contributed by atoms with E-state index in [1.54, 1.807) is 4.90 Å². The maximum atomic E-state index is 13.3. The minimum absolute atomic E-state index is 0.00637. The number of amides is 2. The van der Waals surface area contributed by atoms with Crippen LogP contribution in [0.2, 0.25) is 0 Å². The van der Waals surface area contributed by atoms with E-state index < -0.39 is 12.2 Å². The Labute approximate surface area is 193 Å². The highest BCUT2D eigenvalue weighted by Crippen LogP contribution is 2.29. The summed E-state index contributed by atoms with van der Waals surface area (Å²) in [4.78, 5) is 35.1. The average molecular weight is 445 g/mol. The number of aromatic nitrogens is 1. The largest absolute Gasteiger partial charge is 0.440 e. The van der Waals surface area contributed by atoms with Gasteiger partial charge >= 0.3 is 6.09 Å². The van der Waals surface area contributed by atoms with Gasteiger partial charge in [-0.15, -0.1) is 0 Å². The molecule has 0 saturated carbocycles. The molecule has 1 unspecified atom stereocenters. The molecule has 2 amide bonds. The van der Waals surface area contributed by atoms with Crippen LogP contribution < -0.4 is 0 Å². The highest BCUT2D eigenvalue weighted by atomic mass is 16.6. The molecular formula is C26H28N4O3. The van der Waals surface area contributed by atoms with Gasteiger partial charge < -0.3 is 24.4 Å². The highest BCUT2D eigenvalue weighted by molar-refractivity contribution is 5.96. The molecule has 0 saturated heterocycles. The Balaban J connectivity index is 1.27. The summed E-state index contributed by atoms with van der Waals surface area (Å²) in [7, 11) is 2.01. The third-order valence-electron chi connectivity index (χ3n) is 6.45. The first-order valence-electron chi connectivity index (χ1n) is 11.3. The van der Waals surface area contributed by atoms with Gasteiger partial charge in [-0.3, -0.25) is 4.79 Å². The van der Waals surface area contributed by atoms with Gasteiger partial charge in [-0.2, -0.15) is 0 Å². The molecule has 1 atom stereocenters. The second-order valence-corrected chi connectivity index (χ2v) is 8.76. The fraction of sp³-hybridized carbons (Fsp3) is 0.308. The topological polar surface area (TPSA) is 68.9 Å². The van der Waals surface area contributed by atoms with E-state index in [1.165, 1.54) is 0 Å². The molecule has 2 aromatic carbocycles. The molecular weight excluding hydrogens is 416 g/mol. The van der Waals surface area contributed by atoms with Gasteiger partial charge in [0.1, 0.15) is 6.10 Å². The third-order valence-corrected chi connectivity index (χ3v) is 6.45. The van der Waals surface area contributed by atoms with Crippen LogP contribution in [-0.2, 0) is 16.1 Å². The zero-order valence-electron chi connectivity index (χ0n) is 19.0. The fourth-order valence-electron chi connectivity index (χ4n) is 4.65. The Morgan fingerprint density at radius 1 is 1.12 bits per heavy atom. The predicted molar refractivity (Wildman–Crippen MR) is 126 cm³/mol. The number of aromatic amines is 1. The van der Waals surface area contributed by atoms with Crippen molar-refractivity contribution in [2.24, 2.45) is 0 Å². The lowest BCUT2D eigenvalue weighted by molar-refractivity contribution is -0.131. The van der Waals surface area contributed by atoms with E-state index >= 15 is 0 Å². The number of hydrogen-bond acceptors (Lipinski definition) is 4. The Morgan fingerprint density at radius 3 is 2.67 bits per heavy atom. The van der Waals surface area contributed by atoms with E-state index in [0.717, 1.165) is 27.9 Å². The Kier molecular flexibility index (Phi) is 5.54. The lowest BCUT2D eigenvalue weighted by atomic mass is 10.0. The van der Waals surface area contributed by atoms with Gasteiger partial charge in [0, 0.05) is 37.8 Å². The monoisotopic (exact) mass is 444 g/mol. The van der Waals surface area contributed by atoms with Crippen molar-refractivity contribution in [2.45, 2.75) is 26.0 Å². The van der Waals surface area contributed by atoms with Crippen molar-refractivity contribution in [1.82, 2.24) is 19.7 Å². The smallest absolute Gasteiger partial charge is 0.410 e. The number of carbonyl (C=O) groups is 2. The minimum atomic E-state index is -0.417. The molecule has 0 aliphatic carbocycles. The van der Waals surface area contributed by atoms with Crippen LogP contribution >= 0.6 is 0 Å². The molecule has 7 heteroatoms. The van der Waals surface area contributed by atoms with Crippen LogP contribution in [0.4, 0.5) is 4.79 Å². The zero-order valence-corrected chi connectivity index (χ0v) is 19.0. The molecule has 2 aliphatic heterocycles. The Hall–Kier alpha value is -3.74. The first-order valence-corrected chi connectivity index (χ1v) is 11.3. The number of hydrogen-bond donors (Lipinski definition) is 1. The quantitative estimate of drug-likeness (QED) is 0.653. The fourth-order valence-corrected chi connectivity index (χ4v) is 4.65. The molecule has 33 heavy (non-hydrogen) atoms. The summed E-state index contributed by atoms with van der Waals surface area (Å²) in [6, 6.07) is 19.9. The summed E-state index contributed by atoms with van der Waals surface area (Å²) in [5, 5.41) is 1.08. The first-order chi connectivity index (χ1) is 16.0. The van der Waals surface area contributed by atoms with E-state index in [0.29, 0.717) is 31.8 Å². The lowest BCUT2D eigenvalue weighted by Gasteiger charge is -2.42. The molecule has 3 aromatic rings. The van der Waals surface area contributed by atoms with Crippen LogP contribution in [0, 0.1) is 0 Å². The zero-order chi connectivity index (χ0) is 22.9. The standard InChI is InChI=1S/C26H28N4O3/c1-18(23-14-20-10-6-7-11-22(20)27-23)33-26(32)29-13-12-24-21(16-29)25(31)30(17-28(24)2)15-19-8-4-3-5-9-19/h3-11,14,18,27H,12-13,15-17H2,1-2H3. The highest BCUT2D eigenvalue weighted by Gasteiger charge is 2.36. The SMILES string of the molecule is CC(OC(=O)N1CCC2=C(C1)C(=O)N(Cc1ccccc1)CN2C)c1cc2ccccc2[nH]1. The average Bonchev–Trinajstić information content (AvgIpc) is 3.27. The van der Waals surface area contributed by atoms with Gasteiger partial charge in [0.15, 0.2) is 0 Å². The van der Waals surface area contributed by atoms with E-state index in [-0.39, 0.29) is 12.5 Å². The number of nitrogens with zero attached hydrogens (tertiary/aromatic N) is 3. The molecule has 3 heterocycles. The Morgan fingerprint density at radius 2 is 1.88 bits per heavy atom. The molecule has 170 valence electrons. The Bertz CT molecular complexity index is 1180. The van der Waals surface area contributed by atoms with E-state index in [4.69, 9.17) is 4.74 Å². The second kappa shape index (κ2) is 8.65. The number of H-pyrrole nitrogens is 1. The van der Waals surface area contributed by atoms with Crippen LogP contribution in [0.15, 0.2) is 71.9 Å². The van der Waals surface area contributed by atoms with Gasteiger partial charge in [0.2, 0.25) is 0 Å². The molecule has 0 radical (unpaired) electrons. The number of ether oxygens (including phenoxy) is 1. The van der Waals surface area contributed by atoms with Crippen molar-refractivity contribution in [2.75, 3.05) is 26.8 Å². The summed E-state index contributed by atoms with van der Waals surface area (Å²) in [5.41, 5.74) is 4.65. The number of fused-ring (bicyclic) bond motifs is 1. The molecule has 7 nitrogen and oxygen atoms in total. The van der Waals surface area contributed by atoms with E-state index in [2.05, 4.69) is 9.88 Å². The normalized spacial score (nSPS) is 17.4. The molecule has 0 spiro atoms. The molecule has 5 rings (SSSR count). The third kappa shape index (κ3) is 4.18. The number of para-hydroxylation sites is 1. The van der Waals surface area contributed by atoms with Crippen LogP contribution in [0.3, 0.4) is 0 Å². The van der Waals surface area contributed by atoms with Gasteiger partial charge in [0.05, 0.1) is 24.5 Å². The van der Waals surface area contributed by atoms with Crippen LogP contribution in [0.25, 0.3) is 10.9 Å². The number of benzene rings is 2. The molecule has 0 bridgehead atoms. The van der Waals surface area contributed by atoms with Crippen molar-refractivity contribution >= 4 is 22.9 Å². The van der Waals surface area contributed by atoms with Gasteiger partial charge in [-0.1, -0.05) is 48.5 Å². The van der Waals surface area contributed by atoms with Crippen molar-refractivity contribution in [1.29, 1.82) is 0 Å². The maximum absolute atomic E-state index is 13.3. The maximum Gasteiger partial charge on any atom is 0.410 e. The predicted octanol–water partition coefficient (Wildman–Crippen LogP) is 4.26. The summed E-state index contributed by atoms with van der Waals surface area (Å²) < 4.78 is 5.76. The lowest BCUT2D eigenvalue weighted by Crippen LogP contribution is -2.51. The molecule has 1 N–H and O–H groups in total. The molecule has 1 aromatic heterocycles. The van der Waals surface area contributed by atoms with Crippen LogP contribution in [0.5, 0.6) is 0 Å². The molecule has 0 fully saturated rings. The summed E-state index contributed by atoms with van der Waals surface area (Å²) >= 11 is 0. The van der Waals surface area contributed by atoms with Crippen LogP contribution in [-0.4, -0.2) is 58.5 Å². The van der Waals surface area contributed by atoms with E-state index in [1.807, 2.05) is 79.5 Å². The summed E-state index contributed by atoms with van der Waals surface area (Å²) in [5.74, 6) is -0.00637. The van der Waals surface area contributed by atoms with Gasteiger partial charge in [0.25, 0.3) is 5.91 Å². The summed E-state index contributed by atoms with van der Waals surface area (Å²) in [6.45, 7) is 3.75. The second-order valence-electron chi connectivity index (χ2n) is 8.76. The van der Waals surface area contributed by atoms with Crippen molar-refractivity contribution < 1.29 is 14.3 Å². The minimum Gasteiger partial charge on any atom is -0.440 e. The number of nitrogens with one attached hydrogen (secondary N) is 1. The van der Waals surface area contributed by atoms with Crippen molar-refractivity contribution in [3.8, 4) is 0 Å². The van der Waals surface area contributed by atoms with Crippen molar-refractivity contribution in [3.05, 3.63) is 83.2 Å².